The number of aliphatic hydroxyl groups excluding tert-OH is 1. The SMILES string of the molecule is Cc1cc(C)n(CC(O)c2cccc(Cl)c2)n1. The smallest absolute Gasteiger partial charge is 0.0986 e. The number of aromatic nitrogens is 2. The zero-order chi connectivity index (χ0) is 12.4. The fraction of sp³-hybridized carbons (Fsp3) is 0.308. The van der Waals surface area contributed by atoms with Crippen molar-refractivity contribution in [2.75, 3.05) is 0 Å². The molecule has 0 saturated heterocycles. The maximum Gasteiger partial charge on any atom is 0.0986 e. The van der Waals surface area contributed by atoms with E-state index in [1.807, 2.05) is 32.0 Å². The van der Waals surface area contributed by atoms with Gasteiger partial charge < -0.3 is 5.11 Å². The second kappa shape index (κ2) is 4.90. The molecule has 0 aliphatic heterocycles. The molecule has 0 amide bonds. The Morgan fingerprint density at radius 2 is 2.12 bits per heavy atom. The maximum atomic E-state index is 10.1. The Labute approximate surface area is 106 Å². The molecule has 1 aromatic carbocycles. The van der Waals surface area contributed by atoms with E-state index in [2.05, 4.69) is 5.10 Å². The van der Waals surface area contributed by atoms with E-state index in [0.29, 0.717) is 11.6 Å². The number of halogens is 1. The molecule has 1 atom stereocenters. The van der Waals surface area contributed by atoms with Crippen LogP contribution >= 0.6 is 11.6 Å². The van der Waals surface area contributed by atoms with Crippen LogP contribution in [0.25, 0.3) is 0 Å². The van der Waals surface area contributed by atoms with Gasteiger partial charge in [0, 0.05) is 10.7 Å². The average Bonchev–Trinajstić information content (AvgIpc) is 2.57. The van der Waals surface area contributed by atoms with Gasteiger partial charge in [-0.25, -0.2) is 0 Å². The molecular formula is C13H15ClN2O. The standard InChI is InChI=1S/C13H15ClN2O/c1-9-6-10(2)16(15-9)8-13(17)11-4-3-5-12(14)7-11/h3-7,13,17H,8H2,1-2H3. The van der Waals surface area contributed by atoms with Crippen LogP contribution in [0.15, 0.2) is 30.3 Å². The summed E-state index contributed by atoms with van der Waals surface area (Å²) in [4.78, 5) is 0. The minimum absolute atomic E-state index is 0.444. The van der Waals surface area contributed by atoms with Crippen molar-refractivity contribution in [1.82, 2.24) is 9.78 Å². The molecule has 1 N–H and O–H groups in total. The van der Waals surface area contributed by atoms with Crippen LogP contribution in [0.5, 0.6) is 0 Å². The summed E-state index contributed by atoms with van der Waals surface area (Å²) in [6, 6.07) is 9.26. The molecule has 0 spiro atoms. The third-order valence-corrected chi connectivity index (χ3v) is 2.92. The van der Waals surface area contributed by atoms with Gasteiger partial charge in [0.15, 0.2) is 0 Å². The number of hydrogen-bond donors (Lipinski definition) is 1. The molecule has 17 heavy (non-hydrogen) atoms. The summed E-state index contributed by atoms with van der Waals surface area (Å²) < 4.78 is 1.81. The van der Waals surface area contributed by atoms with Crippen molar-refractivity contribution >= 4 is 11.6 Å². The third-order valence-electron chi connectivity index (χ3n) is 2.68. The molecule has 90 valence electrons. The van der Waals surface area contributed by atoms with Gasteiger partial charge in [-0.1, -0.05) is 23.7 Å². The zero-order valence-electron chi connectivity index (χ0n) is 9.89. The van der Waals surface area contributed by atoms with E-state index in [9.17, 15) is 5.11 Å². The van der Waals surface area contributed by atoms with Crippen LogP contribution in [0.4, 0.5) is 0 Å². The van der Waals surface area contributed by atoms with Crippen molar-refractivity contribution < 1.29 is 5.11 Å². The molecule has 4 heteroatoms. The van der Waals surface area contributed by atoms with Gasteiger partial charge >= 0.3 is 0 Å². The lowest BCUT2D eigenvalue weighted by Gasteiger charge is -2.12. The molecule has 0 radical (unpaired) electrons. The van der Waals surface area contributed by atoms with Crippen LogP contribution in [0, 0.1) is 13.8 Å². The molecule has 3 nitrogen and oxygen atoms in total. The molecule has 1 heterocycles. The van der Waals surface area contributed by atoms with Crippen LogP contribution < -0.4 is 0 Å². The first-order valence-electron chi connectivity index (χ1n) is 5.51. The summed E-state index contributed by atoms with van der Waals surface area (Å²) in [5.74, 6) is 0. The van der Waals surface area contributed by atoms with Crippen molar-refractivity contribution in [3.8, 4) is 0 Å². The molecule has 0 aliphatic carbocycles. The highest BCUT2D eigenvalue weighted by atomic mass is 35.5. The first-order valence-corrected chi connectivity index (χ1v) is 5.88. The summed E-state index contributed by atoms with van der Waals surface area (Å²) in [5, 5.41) is 15.1. The third kappa shape index (κ3) is 2.87. The number of aliphatic hydroxyl groups is 1. The maximum absolute atomic E-state index is 10.1. The van der Waals surface area contributed by atoms with Crippen LogP contribution in [0.2, 0.25) is 5.02 Å². The van der Waals surface area contributed by atoms with Gasteiger partial charge in [-0.15, -0.1) is 0 Å². The summed E-state index contributed by atoms with van der Waals surface area (Å²) in [6.07, 6.45) is -0.591. The number of nitrogens with zero attached hydrogens (tertiary/aromatic N) is 2. The molecule has 1 unspecified atom stereocenters. The van der Waals surface area contributed by atoms with E-state index in [4.69, 9.17) is 11.6 Å². The van der Waals surface area contributed by atoms with Crippen LogP contribution in [0.1, 0.15) is 23.1 Å². The van der Waals surface area contributed by atoms with Crippen molar-refractivity contribution in [3.05, 3.63) is 52.3 Å². The number of aryl methyl sites for hydroxylation is 2. The molecule has 0 aliphatic rings. The molecule has 2 aromatic rings. The number of rotatable bonds is 3. The predicted octanol–water partition coefficient (Wildman–Crippen LogP) is 2.89. The number of hydrogen-bond acceptors (Lipinski definition) is 2. The second-order valence-corrected chi connectivity index (χ2v) is 4.62. The summed E-state index contributed by atoms with van der Waals surface area (Å²) in [5.41, 5.74) is 2.81. The normalized spacial score (nSPS) is 12.7. The van der Waals surface area contributed by atoms with Gasteiger partial charge in [0.05, 0.1) is 18.3 Å². The van der Waals surface area contributed by atoms with Crippen LogP contribution in [-0.4, -0.2) is 14.9 Å². The Hall–Kier alpha value is -1.32. The van der Waals surface area contributed by atoms with E-state index >= 15 is 0 Å². The fourth-order valence-electron chi connectivity index (χ4n) is 1.84. The van der Waals surface area contributed by atoms with Gasteiger partial charge in [0.1, 0.15) is 0 Å². The van der Waals surface area contributed by atoms with Gasteiger partial charge in [0.25, 0.3) is 0 Å². The Kier molecular flexibility index (Phi) is 3.50. The van der Waals surface area contributed by atoms with E-state index in [1.54, 1.807) is 16.8 Å². The zero-order valence-corrected chi connectivity index (χ0v) is 10.6. The van der Waals surface area contributed by atoms with Crippen molar-refractivity contribution in [2.45, 2.75) is 26.5 Å². The molecule has 0 saturated carbocycles. The molecule has 1 aromatic heterocycles. The number of benzene rings is 1. The van der Waals surface area contributed by atoms with E-state index in [0.717, 1.165) is 17.0 Å². The molecule has 0 fully saturated rings. The highest BCUT2D eigenvalue weighted by molar-refractivity contribution is 6.30. The first-order chi connectivity index (χ1) is 8.06. The van der Waals surface area contributed by atoms with Crippen LogP contribution in [-0.2, 0) is 6.54 Å². The molecule has 2 rings (SSSR count). The largest absolute Gasteiger partial charge is 0.386 e. The van der Waals surface area contributed by atoms with Gasteiger partial charge in [-0.05, 0) is 37.6 Å². The first kappa shape index (κ1) is 12.1. The minimum Gasteiger partial charge on any atom is -0.386 e. The second-order valence-electron chi connectivity index (χ2n) is 4.18. The summed E-state index contributed by atoms with van der Waals surface area (Å²) in [7, 11) is 0. The lowest BCUT2D eigenvalue weighted by molar-refractivity contribution is 0.150. The Morgan fingerprint density at radius 1 is 1.35 bits per heavy atom. The van der Waals surface area contributed by atoms with Crippen molar-refractivity contribution in [3.63, 3.8) is 0 Å². The summed E-state index contributed by atoms with van der Waals surface area (Å²) >= 11 is 5.89. The predicted molar refractivity (Wildman–Crippen MR) is 68.1 cm³/mol. The average molecular weight is 251 g/mol. The quantitative estimate of drug-likeness (QED) is 0.910. The van der Waals surface area contributed by atoms with E-state index < -0.39 is 6.10 Å². The Balaban J connectivity index is 2.16. The summed E-state index contributed by atoms with van der Waals surface area (Å²) in [6.45, 7) is 4.36. The van der Waals surface area contributed by atoms with Crippen molar-refractivity contribution in [1.29, 1.82) is 0 Å². The highest BCUT2D eigenvalue weighted by Crippen LogP contribution is 2.19. The van der Waals surface area contributed by atoms with Gasteiger partial charge in [-0.3, -0.25) is 4.68 Å². The fourth-order valence-corrected chi connectivity index (χ4v) is 2.04. The molecule has 0 bridgehead atoms. The Bertz CT molecular complexity index is 522. The lowest BCUT2D eigenvalue weighted by atomic mass is 10.1. The topological polar surface area (TPSA) is 38.0 Å². The molecular weight excluding hydrogens is 236 g/mol. The van der Waals surface area contributed by atoms with Crippen molar-refractivity contribution in [2.24, 2.45) is 0 Å². The van der Waals surface area contributed by atoms with Crippen LogP contribution in [0.3, 0.4) is 0 Å². The Morgan fingerprint density at radius 3 is 2.71 bits per heavy atom. The lowest BCUT2D eigenvalue weighted by Crippen LogP contribution is -2.11. The van der Waals surface area contributed by atoms with E-state index in [-0.39, 0.29) is 0 Å². The van der Waals surface area contributed by atoms with Gasteiger partial charge in [-0.2, -0.15) is 5.10 Å². The highest BCUT2D eigenvalue weighted by Gasteiger charge is 2.11. The monoisotopic (exact) mass is 250 g/mol. The minimum atomic E-state index is -0.591. The van der Waals surface area contributed by atoms with Gasteiger partial charge in [0.2, 0.25) is 0 Å². The van der Waals surface area contributed by atoms with E-state index in [1.165, 1.54) is 0 Å².